The summed E-state index contributed by atoms with van der Waals surface area (Å²) in [5, 5.41) is 0. The summed E-state index contributed by atoms with van der Waals surface area (Å²) < 4.78 is 11.2. The van der Waals surface area contributed by atoms with Crippen molar-refractivity contribution in [1.29, 1.82) is 0 Å². The second kappa shape index (κ2) is 24.0. The average molecular weight is 739 g/mol. The van der Waals surface area contributed by atoms with Gasteiger partial charge in [0, 0.05) is 71.8 Å². The van der Waals surface area contributed by atoms with Crippen LogP contribution < -0.4 is 9.47 Å². The molecule has 2 aromatic carbocycles. The number of rotatable bonds is 18. The summed E-state index contributed by atoms with van der Waals surface area (Å²) in [5.74, 6) is 2.12. The molecule has 2 rings (SSSR count). The van der Waals surface area contributed by atoms with Crippen LogP contribution in [-0.2, 0) is 85.2 Å². The Labute approximate surface area is 310 Å². The third kappa shape index (κ3) is 20.4. The van der Waals surface area contributed by atoms with Crippen molar-refractivity contribution >= 4 is 17.3 Å². The van der Waals surface area contributed by atoms with Crippen LogP contribution in [-0.4, -0.2) is 30.6 Å². The number of allylic oxidation sites excluding steroid dienone is 2. The summed E-state index contributed by atoms with van der Waals surface area (Å²) in [5.41, 5.74) is 3.62. The summed E-state index contributed by atoms with van der Waals surface area (Å²) in [6.07, 6.45) is 7.82. The predicted molar refractivity (Wildman–Crippen MR) is 168 cm³/mol. The van der Waals surface area contributed by atoms with Crippen LogP contribution in [0.3, 0.4) is 0 Å². The Morgan fingerprint density at radius 3 is 1.47 bits per heavy atom. The fraction of sp³-hybridized carbons (Fsp3) is 0.417. The van der Waals surface area contributed by atoms with Crippen molar-refractivity contribution in [1.82, 2.24) is 0 Å². The van der Waals surface area contributed by atoms with E-state index in [1.165, 1.54) is 11.1 Å². The molecule has 0 aliphatic rings. The minimum absolute atomic E-state index is 0. The standard InChI is InChI=1S/C21H29O3.C15H19O2.2Y/c1-16(2)20(23)8-6-7-15-24-19-11-9-18(10-12-19)21(4,5)14-13-17(3)22;1-12(2)15(16)6-4-5-11-17-14-9-7-13(3)8-10-14;;/h7,9-12H,1,6,8,13-15H2,2-5H3;5,7-10H,1,4,6,11H2,2-3H3;;/q2*-1;;. The molecule has 0 aromatic heterocycles. The first kappa shape index (κ1) is 43.9. The first-order valence-electron chi connectivity index (χ1n) is 14.2. The maximum Gasteiger partial charge on any atom is 0.155 e. The molecular weight excluding hydrogens is 690 g/mol. The van der Waals surface area contributed by atoms with Gasteiger partial charge in [-0.3, -0.25) is 22.4 Å². The summed E-state index contributed by atoms with van der Waals surface area (Å²) >= 11 is 0. The number of carbonyl (C=O) groups excluding carboxylic acids is 3. The molecule has 0 heterocycles. The van der Waals surface area contributed by atoms with Crippen LogP contribution in [0.2, 0.25) is 0 Å². The zero-order valence-corrected chi connectivity index (χ0v) is 32.7. The molecule has 0 spiro atoms. The molecule has 0 fully saturated rings. The van der Waals surface area contributed by atoms with Gasteiger partial charge in [0.05, 0.1) is 0 Å². The van der Waals surface area contributed by atoms with E-state index in [9.17, 15) is 14.4 Å². The van der Waals surface area contributed by atoms with Gasteiger partial charge in [0.15, 0.2) is 11.6 Å². The molecule has 0 amide bonds. The largest absolute Gasteiger partial charge is 0.525 e. The van der Waals surface area contributed by atoms with Gasteiger partial charge in [0.2, 0.25) is 0 Å². The number of aryl methyl sites for hydroxylation is 1. The summed E-state index contributed by atoms with van der Waals surface area (Å²) in [6.45, 7) is 19.7. The van der Waals surface area contributed by atoms with Crippen LogP contribution in [0.1, 0.15) is 84.3 Å². The Balaban J connectivity index is 0. The van der Waals surface area contributed by atoms with Crippen molar-refractivity contribution in [3.8, 4) is 11.5 Å². The monoisotopic (exact) mass is 738 g/mol. The maximum atomic E-state index is 11.4. The third-order valence-corrected chi connectivity index (χ3v) is 6.60. The van der Waals surface area contributed by atoms with E-state index < -0.39 is 0 Å². The zero-order valence-electron chi connectivity index (χ0n) is 27.0. The first-order valence-corrected chi connectivity index (χ1v) is 14.2. The van der Waals surface area contributed by atoms with E-state index in [-0.39, 0.29) is 88.2 Å². The van der Waals surface area contributed by atoms with E-state index in [1.807, 2.05) is 56.2 Å². The minimum Gasteiger partial charge on any atom is -0.525 e. The Morgan fingerprint density at radius 2 is 1.09 bits per heavy atom. The number of unbranched alkanes of at least 4 members (excludes halogenated alkanes) is 2. The van der Waals surface area contributed by atoms with Crippen molar-refractivity contribution in [3.05, 3.63) is 96.8 Å². The van der Waals surface area contributed by atoms with Gasteiger partial charge in [-0.2, -0.15) is 12.8 Å². The zero-order chi connectivity index (χ0) is 30.8. The summed E-state index contributed by atoms with van der Waals surface area (Å²) in [6, 6.07) is 15.9. The number of ketones is 3. The van der Waals surface area contributed by atoms with E-state index in [4.69, 9.17) is 9.47 Å². The van der Waals surface area contributed by atoms with Crippen LogP contribution in [0.15, 0.2) is 72.8 Å². The fourth-order valence-corrected chi connectivity index (χ4v) is 3.64. The molecule has 7 heteroatoms. The molecular formula is C36H48O5Y2-2. The van der Waals surface area contributed by atoms with Crippen LogP contribution in [0.25, 0.3) is 0 Å². The van der Waals surface area contributed by atoms with Crippen molar-refractivity contribution in [2.45, 2.75) is 85.5 Å². The van der Waals surface area contributed by atoms with Crippen LogP contribution >= 0.6 is 0 Å². The number of carbonyl (C=O) groups is 3. The molecule has 2 aromatic rings. The molecule has 0 saturated heterocycles. The van der Waals surface area contributed by atoms with Gasteiger partial charge in [0.25, 0.3) is 0 Å². The van der Waals surface area contributed by atoms with E-state index in [0.717, 1.165) is 24.3 Å². The van der Waals surface area contributed by atoms with Gasteiger partial charge < -0.3 is 14.3 Å². The molecule has 0 N–H and O–H groups in total. The molecule has 43 heavy (non-hydrogen) atoms. The molecule has 5 nitrogen and oxygen atoms in total. The Kier molecular flexibility index (Phi) is 24.5. The summed E-state index contributed by atoms with van der Waals surface area (Å²) in [4.78, 5) is 33.9. The molecule has 0 bridgehead atoms. The van der Waals surface area contributed by atoms with Crippen molar-refractivity contribution in [3.63, 3.8) is 0 Å². The van der Waals surface area contributed by atoms with Gasteiger partial charge in [-0.15, -0.1) is 0 Å². The second-order valence-corrected chi connectivity index (χ2v) is 11.1. The number of benzene rings is 2. The second-order valence-electron chi connectivity index (χ2n) is 11.1. The molecule has 230 valence electrons. The maximum absolute atomic E-state index is 11.4. The SMILES string of the molecule is C=C(C)C(=O)CC[CH-]COc1ccc(C(C)(C)CCC(C)=O)cc1.C=C(C)C(=O)CC[CH-]COc1ccc(C)cc1.[Y].[Y]. The fourth-order valence-electron chi connectivity index (χ4n) is 3.64. The van der Waals surface area contributed by atoms with Gasteiger partial charge in [0.1, 0.15) is 17.3 Å². The topological polar surface area (TPSA) is 69.7 Å². The van der Waals surface area contributed by atoms with Crippen LogP contribution in [0.4, 0.5) is 0 Å². The van der Waals surface area contributed by atoms with Crippen molar-refractivity contribution in [2.75, 3.05) is 13.2 Å². The number of ether oxygens (including phenoxy) is 2. The molecule has 0 aliphatic heterocycles. The normalized spacial score (nSPS) is 10.2. The first-order chi connectivity index (χ1) is 19.3. The Hall–Kier alpha value is -1.26. The average Bonchev–Trinajstić information content (AvgIpc) is 2.93. The van der Waals surface area contributed by atoms with Crippen LogP contribution in [0.5, 0.6) is 11.5 Å². The quantitative estimate of drug-likeness (QED) is 0.0875. The molecule has 0 unspecified atom stereocenters. The molecule has 2 radical (unpaired) electrons. The Bertz CT molecular complexity index is 1140. The molecule has 0 aliphatic carbocycles. The number of hydrogen-bond donors (Lipinski definition) is 0. The molecule has 0 saturated carbocycles. The van der Waals surface area contributed by atoms with Gasteiger partial charge >= 0.3 is 0 Å². The summed E-state index contributed by atoms with van der Waals surface area (Å²) in [7, 11) is 0. The van der Waals surface area contributed by atoms with E-state index in [1.54, 1.807) is 20.8 Å². The van der Waals surface area contributed by atoms with Gasteiger partial charge in [-0.05, 0) is 107 Å². The smallest absolute Gasteiger partial charge is 0.155 e. The van der Waals surface area contributed by atoms with E-state index >= 15 is 0 Å². The predicted octanol–water partition coefficient (Wildman–Crippen LogP) is 8.34. The minimum atomic E-state index is -0.0285. The molecule has 0 atom stereocenters. The number of hydrogen-bond acceptors (Lipinski definition) is 5. The van der Waals surface area contributed by atoms with E-state index in [2.05, 4.69) is 39.1 Å². The van der Waals surface area contributed by atoms with Crippen LogP contribution in [0, 0.1) is 19.8 Å². The van der Waals surface area contributed by atoms with E-state index in [0.29, 0.717) is 50.0 Å². The third-order valence-electron chi connectivity index (χ3n) is 6.60. The number of Topliss-reactive ketones (excluding diaryl/α,β-unsaturated/α-hetero) is 3. The van der Waals surface area contributed by atoms with Crippen molar-refractivity contribution in [2.24, 2.45) is 0 Å². The Morgan fingerprint density at radius 1 is 0.698 bits per heavy atom. The van der Waals surface area contributed by atoms with Gasteiger partial charge in [-0.1, -0.05) is 56.8 Å². The van der Waals surface area contributed by atoms with Gasteiger partial charge in [-0.25, -0.2) is 0 Å². The van der Waals surface area contributed by atoms with Crippen molar-refractivity contribution < 1.29 is 89.3 Å².